The number of carbonyl (C=O) groups excluding carboxylic acids is 2. The molecule has 0 unspecified atom stereocenters. The molecule has 1 atom stereocenters. The minimum absolute atomic E-state index is 0.0907. The summed E-state index contributed by atoms with van der Waals surface area (Å²) < 4.78 is 5.04. The monoisotopic (exact) mass is 372 g/mol. The number of anilines is 2. The molecule has 0 fully saturated rings. The molecular formula is C23H20N2O3. The minimum Gasteiger partial charge on any atom is -0.462 e. The van der Waals surface area contributed by atoms with Gasteiger partial charge in [-0.2, -0.15) is 0 Å². The van der Waals surface area contributed by atoms with Crippen LogP contribution in [-0.2, 0) is 4.74 Å². The van der Waals surface area contributed by atoms with Gasteiger partial charge in [0.05, 0.1) is 17.7 Å². The fraction of sp³-hybridized carbons (Fsp3) is 0.130. The van der Waals surface area contributed by atoms with Crippen LogP contribution in [0.15, 0.2) is 78.9 Å². The van der Waals surface area contributed by atoms with Gasteiger partial charge in [0.2, 0.25) is 0 Å². The van der Waals surface area contributed by atoms with Gasteiger partial charge in [0.25, 0.3) is 5.91 Å². The average Bonchev–Trinajstić information content (AvgIpc) is 2.75. The van der Waals surface area contributed by atoms with Gasteiger partial charge in [-0.25, -0.2) is 4.79 Å². The van der Waals surface area contributed by atoms with E-state index in [0.29, 0.717) is 23.4 Å². The van der Waals surface area contributed by atoms with Crippen LogP contribution in [0.25, 0.3) is 0 Å². The van der Waals surface area contributed by atoms with Crippen molar-refractivity contribution in [3.05, 3.63) is 95.6 Å². The van der Waals surface area contributed by atoms with Crippen molar-refractivity contribution in [1.29, 1.82) is 0 Å². The first-order valence-corrected chi connectivity index (χ1v) is 9.20. The summed E-state index contributed by atoms with van der Waals surface area (Å²) in [5.41, 5.74) is 3.55. The number of esters is 1. The van der Waals surface area contributed by atoms with Gasteiger partial charge in [0.15, 0.2) is 0 Å². The molecule has 1 N–H and O–H groups in total. The van der Waals surface area contributed by atoms with E-state index in [-0.39, 0.29) is 18.0 Å². The smallest absolute Gasteiger partial charge is 0.338 e. The third-order valence-electron chi connectivity index (χ3n) is 4.70. The number of para-hydroxylation sites is 1. The van der Waals surface area contributed by atoms with E-state index in [1.165, 1.54) is 0 Å². The van der Waals surface area contributed by atoms with Crippen LogP contribution in [0.1, 0.15) is 39.4 Å². The van der Waals surface area contributed by atoms with E-state index in [0.717, 1.165) is 11.3 Å². The first-order chi connectivity index (χ1) is 13.7. The molecule has 0 bridgehead atoms. The van der Waals surface area contributed by atoms with Gasteiger partial charge in [0.1, 0.15) is 6.17 Å². The van der Waals surface area contributed by atoms with Gasteiger partial charge in [-0.1, -0.05) is 42.5 Å². The Kier molecular flexibility index (Phi) is 4.81. The summed E-state index contributed by atoms with van der Waals surface area (Å²) in [7, 11) is 0. The first-order valence-electron chi connectivity index (χ1n) is 9.20. The Morgan fingerprint density at radius 1 is 0.964 bits per heavy atom. The van der Waals surface area contributed by atoms with E-state index in [9.17, 15) is 9.59 Å². The molecule has 1 amide bonds. The van der Waals surface area contributed by atoms with Gasteiger partial charge in [-0.3, -0.25) is 9.69 Å². The molecule has 1 aliphatic heterocycles. The summed E-state index contributed by atoms with van der Waals surface area (Å²) in [6.45, 7) is 2.09. The van der Waals surface area contributed by atoms with Crippen molar-refractivity contribution in [3.8, 4) is 0 Å². The molecule has 1 heterocycles. The fourth-order valence-electron chi connectivity index (χ4n) is 3.36. The van der Waals surface area contributed by atoms with Crippen molar-refractivity contribution >= 4 is 23.3 Å². The second kappa shape index (κ2) is 7.56. The summed E-state index contributed by atoms with van der Waals surface area (Å²) in [5, 5.41) is 3.46. The number of nitrogens with zero attached hydrogens (tertiary/aromatic N) is 1. The molecule has 0 aliphatic carbocycles. The summed E-state index contributed by atoms with van der Waals surface area (Å²) in [5.74, 6) is -0.464. The zero-order chi connectivity index (χ0) is 19.5. The maximum Gasteiger partial charge on any atom is 0.338 e. The van der Waals surface area contributed by atoms with Crippen molar-refractivity contribution in [1.82, 2.24) is 0 Å². The van der Waals surface area contributed by atoms with Gasteiger partial charge in [0, 0.05) is 11.4 Å². The molecule has 4 rings (SSSR count). The van der Waals surface area contributed by atoms with Crippen LogP contribution in [0.2, 0.25) is 0 Å². The third-order valence-corrected chi connectivity index (χ3v) is 4.70. The van der Waals surface area contributed by atoms with E-state index < -0.39 is 0 Å². The predicted octanol–water partition coefficient (Wildman–Crippen LogP) is 4.63. The molecule has 0 aromatic heterocycles. The summed E-state index contributed by atoms with van der Waals surface area (Å²) in [6.07, 6.45) is -0.350. The number of rotatable bonds is 4. The van der Waals surface area contributed by atoms with Crippen LogP contribution >= 0.6 is 0 Å². The van der Waals surface area contributed by atoms with Crippen LogP contribution in [0, 0.1) is 0 Å². The Morgan fingerprint density at radius 2 is 1.64 bits per heavy atom. The van der Waals surface area contributed by atoms with Gasteiger partial charge >= 0.3 is 5.97 Å². The van der Waals surface area contributed by atoms with Crippen LogP contribution in [0.4, 0.5) is 11.4 Å². The molecule has 28 heavy (non-hydrogen) atoms. The van der Waals surface area contributed by atoms with E-state index in [2.05, 4.69) is 5.32 Å². The molecule has 140 valence electrons. The zero-order valence-electron chi connectivity index (χ0n) is 15.5. The highest BCUT2D eigenvalue weighted by molar-refractivity contribution is 6.12. The lowest BCUT2D eigenvalue weighted by Gasteiger charge is -2.38. The van der Waals surface area contributed by atoms with E-state index in [1.54, 1.807) is 36.1 Å². The summed E-state index contributed by atoms with van der Waals surface area (Å²) in [4.78, 5) is 27.0. The number of ether oxygens (including phenoxy) is 1. The second-order valence-corrected chi connectivity index (χ2v) is 6.45. The van der Waals surface area contributed by atoms with Crippen LogP contribution in [-0.4, -0.2) is 18.5 Å². The Morgan fingerprint density at radius 3 is 2.36 bits per heavy atom. The number of fused-ring (bicyclic) bond motifs is 1. The van der Waals surface area contributed by atoms with Crippen molar-refractivity contribution in [2.75, 3.05) is 16.8 Å². The number of hydrogen-bond acceptors (Lipinski definition) is 4. The first kappa shape index (κ1) is 17.8. The Labute approximate surface area is 163 Å². The van der Waals surface area contributed by atoms with Gasteiger partial charge in [-0.05, 0) is 48.9 Å². The molecule has 5 heteroatoms. The maximum absolute atomic E-state index is 13.3. The molecular weight excluding hydrogens is 352 g/mol. The second-order valence-electron chi connectivity index (χ2n) is 6.45. The van der Waals surface area contributed by atoms with Crippen molar-refractivity contribution in [3.63, 3.8) is 0 Å². The third kappa shape index (κ3) is 3.22. The average molecular weight is 372 g/mol. The molecule has 0 spiro atoms. The number of nitrogens with one attached hydrogen (secondary N) is 1. The SMILES string of the molecule is CCOC(=O)c1ccc(N2C(=O)c3ccccc3N[C@H]2c2ccccc2)cc1. The molecule has 3 aromatic carbocycles. The molecule has 0 saturated heterocycles. The highest BCUT2D eigenvalue weighted by atomic mass is 16.5. The lowest BCUT2D eigenvalue weighted by atomic mass is 10.0. The molecule has 3 aromatic rings. The molecule has 0 radical (unpaired) electrons. The predicted molar refractivity (Wildman–Crippen MR) is 108 cm³/mol. The van der Waals surface area contributed by atoms with Crippen molar-refractivity contribution in [2.45, 2.75) is 13.1 Å². The lowest BCUT2D eigenvalue weighted by Crippen LogP contribution is -2.43. The Balaban J connectivity index is 1.75. The Hall–Kier alpha value is -3.60. The summed E-state index contributed by atoms with van der Waals surface area (Å²) >= 11 is 0. The largest absolute Gasteiger partial charge is 0.462 e. The topological polar surface area (TPSA) is 58.6 Å². The Bertz CT molecular complexity index is 1000. The zero-order valence-corrected chi connectivity index (χ0v) is 15.5. The van der Waals surface area contributed by atoms with E-state index >= 15 is 0 Å². The van der Waals surface area contributed by atoms with E-state index in [1.807, 2.05) is 54.6 Å². The molecule has 5 nitrogen and oxygen atoms in total. The fourth-order valence-corrected chi connectivity index (χ4v) is 3.36. The van der Waals surface area contributed by atoms with Gasteiger partial charge in [-0.15, -0.1) is 0 Å². The van der Waals surface area contributed by atoms with Crippen LogP contribution in [0.3, 0.4) is 0 Å². The quantitative estimate of drug-likeness (QED) is 0.678. The number of amides is 1. The standard InChI is InChI=1S/C23H20N2O3/c1-2-28-23(27)17-12-14-18(15-13-17)25-21(16-8-4-3-5-9-16)24-20-11-7-6-10-19(20)22(25)26/h3-15,21,24H,2H2,1H3/t21-/m1/s1. The normalized spacial score (nSPS) is 15.5. The highest BCUT2D eigenvalue weighted by Gasteiger charge is 2.33. The number of benzene rings is 3. The molecule has 0 saturated carbocycles. The van der Waals surface area contributed by atoms with Crippen LogP contribution in [0.5, 0.6) is 0 Å². The van der Waals surface area contributed by atoms with Crippen molar-refractivity contribution < 1.29 is 14.3 Å². The van der Waals surface area contributed by atoms with Crippen LogP contribution < -0.4 is 10.2 Å². The maximum atomic E-state index is 13.3. The highest BCUT2D eigenvalue weighted by Crippen LogP contribution is 2.36. The lowest BCUT2D eigenvalue weighted by molar-refractivity contribution is 0.0526. The minimum atomic E-state index is -0.373. The van der Waals surface area contributed by atoms with Crippen molar-refractivity contribution in [2.24, 2.45) is 0 Å². The number of hydrogen-bond donors (Lipinski definition) is 1. The van der Waals surface area contributed by atoms with E-state index in [4.69, 9.17) is 4.74 Å². The molecule has 1 aliphatic rings. The summed E-state index contributed by atoms with van der Waals surface area (Å²) in [6, 6.07) is 24.2. The number of carbonyl (C=O) groups is 2. The van der Waals surface area contributed by atoms with Gasteiger partial charge < -0.3 is 10.1 Å².